The van der Waals surface area contributed by atoms with E-state index in [1.807, 2.05) is 18.2 Å². The average molecular weight is 381 g/mol. The first-order valence-corrected chi connectivity index (χ1v) is 10.7. The number of nitrogens with zero attached hydrogens (tertiary/aromatic N) is 1. The monoisotopic (exact) mass is 380 g/mol. The lowest BCUT2D eigenvalue weighted by atomic mass is 9.98. The van der Waals surface area contributed by atoms with E-state index < -0.39 is 0 Å². The maximum atomic E-state index is 12.1. The molecular weight excluding hydrogens is 344 g/mol. The van der Waals surface area contributed by atoms with Crippen LogP contribution in [0.2, 0.25) is 0 Å². The van der Waals surface area contributed by atoms with E-state index in [9.17, 15) is 4.79 Å². The van der Waals surface area contributed by atoms with Gasteiger partial charge >= 0.3 is 6.03 Å². The molecule has 0 bridgehead atoms. The van der Waals surface area contributed by atoms with Gasteiger partial charge in [-0.1, -0.05) is 88.9 Å². The maximum Gasteiger partial charge on any atom is 0.319 e. The zero-order valence-electron chi connectivity index (χ0n) is 17.8. The Morgan fingerprint density at radius 1 is 0.929 bits per heavy atom. The summed E-state index contributed by atoms with van der Waals surface area (Å²) in [4.78, 5) is 13.9. The molecule has 0 atom stereocenters. The summed E-state index contributed by atoms with van der Waals surface area (Å²) in [6, 6.07) is 16.6. The molecule has 0 aliphatic rings. The number of unbranched alkanes of at least 4 members (excludes halogenated alkanes) is 4. The van der Waals surface area contributed by atoms with Crippen molar-refractivity contribution in [1.82, 2.24) is 0 Å². The largest absolute Gasteiger partial charge is 0.351 e. The predicted octanol–water partition coefficient (Wildman–Crippen LogP) is 6.33. The highest BCUT2D eigenvalue weighted by Crippen LogP contribution is 2.24. The molecule has 2 aromatic rings. The summed E-state index contributed by atoms with van der Waals surface area (Å²) < 4.78 is 0. The number of carbonyl (C=O) groups excluding carboxylic acids is 1. The van der Waals surface area contributed by atoms with Crippen LogP contribution in [0.5, 0.6) is 0 Å². The van der Waals surface area contributed by atoms with Gasteiger partial charge < -0.3 is 5.73 Å². The summed E-state index contributed by atoms with van der Waals surface area (Å²) >= 11 is 0. The zero-order chi connectivity index (χ0) is 20.4. The van der Waals surface area contributed by atoms with E-state index in [0.717, 1.165) is 36.9 Å². The SMILES string of the molecule is CCCCCCCN(C(N)=O)c1ccccc1Cc1ccc(CC(C)C)cc1. The molecule has 0 unspecified atom stereocenters. The van der Waals surface area contributed by atoms with Crippen molar-refractivity contribution < 1.29 is 4.79 Å². The average Bonchev–Trinajstić information content (AvgIpc) is 2.66. The van der Waals surface area contributed by atoms with Crippen LogP contribution in [0.4, 0.5) is 10.5 Å². The maximum absolute atomic E-state index is 12.1. The summed E-state index contributed by atoms with van der Waals surface area (Å²) in [7, 11) is 0. The second kappa shape index (κ2) is 11.5. The Bertz CT molecular complexity index is 722. The van der Waals surface area contributed by atoms with Crippen molar-refractivity contribution in [3.8, 4) is 0 Å². The van der Waals surface area contributed by atoms with Gasteiger partial charge in [-0.05, 0) is 47.9 Å². The summed E-state index contributed by atoms with van der Waals surface area (Å²) in [5.41, 5.74) is 10.4. The summed E-state index contributed by atoms with van der Waals surface area (Å²) in [6.07, 6.45) is 7.71. The van der Waals surface area contributed by atoms with Crippen molar-refractivity contribution in [2.75, 3.05) is 11.4 Å². The fraction of sp³-hybridized carbons (Fsp3) is 0.480. The first kappa shape index (κ1) is 22.0. The van der Waals surface area contributed by atoms with Crippen molar-refractivity contribution in [3.05, 3.63) is 65.2 Å². The number of primary amides is 1. The van der Waals surface area contributed by atoms with Crippen molar-refractivity contribution >= 4 is 11.7 Å². The number of hydrogen-bond acceptors (Lipinski definition) is 1. The normalized spacial score (nSPS) is 11.0. The molecule has 2 amide bonds. The van der Waals surface area contributed by atoms with Crippen LogP contribution in [0.1, 0.15) is 69.6 Å². The Morgan fingerprint density at radius 3 is 2.21 bits per heavy atom. The number of nitrogens with two attached hydrogens (primary N) is 1. The third kappa shape index (κ3) is 7.03. The summed E-state index contributed by atoms with van der Waals surface area (Å²) in [6.45, 7) is 7.38. The zero-order valence-corrected chi connectivity index (χ0v) is 17.8. The Kier molecular flexibility index (Phi) is 9.06. The van der Waals surface area contributed by atoms with Gasteiger partial charge in [0.1, 0.15) is 0 Å². The van der Waals surface area contributed by atoms with E-state index in [-0.39, 0.29) is 6.03 Å². The standard InChI is InChI=1S/C25H36N2O/c1-4-5-6-7-10-17-27(25(26)28)24-12-9-8-11-23(24)19-22-15-13-21(14-16-22)18-20(2)3/h8-9,11-16,20H,4-7,10,17-19H2,1-3H3,(H2,26,28). The van der Waals surface area contributed by atoms with Gasteiger partial charge in [0.2, 0.25) is 0 Å². The van der Waals surface area contributed by atoms with E-state index in [4.69, 9.17) is 5.73 Å². The minimum Gasteiger partial charge on any atom is -0.351 e. The molecule has 2 N–H and O–H groups in total. The fourth-order valence-corrected chi connectivity index (χ4v) is 3.63. The van der Waals surface area contributed by atoms with Gasteiger partial charge in [-0.25, -0.2) is 4.79 Å². The molecule has 0 radical (unpaired) electrons. The molecule has 0 saturated heterocycles. The summed E-state index contributed by atoms with van der Waals surface area (Å²) in [5, 5.41) is 0. The van der Waals surface area contributed by atoms with Gasteiger partial charge in [-0.2, -0.15) is 0 Å². The molecule has 3 nitrogen and oxygen atoms in total. The lowest BCUT2D eigenvalue weighted by Gasteiger charge is -2.23. The number of para-hydroxylation sites is 1. The lowest BCUT2D eigenvalue weighted by Crippen LogP contribution is -2.37. The van der Waals surface area contributed by atoms with Gasteiger partial charge in [0.15, 0.2) is 0 Å². The van der Waals surface area contributed by atoms with E-state index >= 15 is 0 Å². The third-order valence-corrected chi connectivity index (χ3v) is 5.10. The molecule has 0 aliphatic heterocycles. The highest BCUT2D eigenvalue weighted by Gasteiger charge is 2.15. The van der Waals surface area contributed by atoms with Crippen LogP contribution in [-0.2, 0) is 12.8 Å². The van der Waals surface area contributed by atoms with Gasteiger partial charge in [-0.15, -0.1) is 0 Å². The van der Waals surface area contributed by atoms with Crippen LogP contribution in [0.3, 0.4) is 0 Å². The van der Waals surface area contributed by atoms with Crippen LogP contribution in [0.15, 0.2) is 48.5 Å². The molecule has 0 spiro atoms. The second-order valence-electron chi connectivity index (χ2n) is 8.12. The smallest absolute Gasteiger partial charge is 0.319 e. The molecule has 2 aromatic carbocycles. The first-order chi connectivity index (χ1) is 13.5. The van der Waals surface area contributed by atoms with E-state index in [0.29, 0.717) is 12.5 Å². The summed E-state index contributed by atoms with van der Waals surface area (Å²) in [5.74, 6) is 0.660. The van der Waals surface area contributed by atoms with Gasteiger partial charge in [0.05, 0.1) is 0 Å². The molecule has 0 saturated carbocycles. The first-order valence-electron chi connectivity index (χ1n) is 10.7. The van der Waals surface area contributed by atoms with Crippen LogP contribution in [0.25, 0.3) is 0 Å². The fourth-order valence-electron chi connectivity index (χ4n) is 3.63. The highest BCUT2D eigenvalue weighted by atomic mass is 16.2. The van der Waals surface area contributed by atoms with Crippen LogP contribution < -0.4 is 10.6 Å². The Hall–Kier alpha value is -2.29. The van der Waals surface area contributed by atoms with Gasteiger partial charge in [0, 0.05) is 12.2 Å². The second-order valence-corrected chi connectivity index (χ2v) is 8.12. The molecule has 28 heavy (non-hydrogen) atoms. The van der Waals surface area contributed by atoms with Crippen molar-refractivity contribution in [3.63, 3.8) is 0 Å². The van der Waals surface area contributed by atoms with E-state index in [2.05, 4.69) is 51.1 Å². The molecule has 3 heteroatoms. The number of rotatable bonds is 11. The van der Waals surface area contributed by atoms with E-state index in [1.54, 1.807) is 4.90 Å². The van der Waals surface area contributed by atoms with Gasteiger partial charge in [-0.3, -0.25) is 4.90 Å². The molecule has 2 rings (SSSR count). The number of anilines is 1. The number of benzene rings is 2. The Morgan fingerprint density at radius 2 is 1.57 bits per heavy atom. The Labute approximate surface area is 170 Å². The molecule has 0 aromatic heterocycles. The minimum absolute atomic E-state index is 0.366. The van der Waals surface area contributed by atoms with Gasteiger partial charge in [0.25, 0.3) is 0 Å². The van der Waals surface area contributed by atoms with Crippen LogP contribution in [-0.4, -0.2) is 12.6 Å². The molecule has 0 fully saturated rings. The molecule has 0 aliphatic carbocycles. The quantitative estimate of drug-likeness (QED) is 0.455. The predicted molar refractivity (Wildman–Crippen MR) is 120 cm³/mol. The van der Waals surface area contributed by atoms with Crippen molar-refractivity contribution in [2.45, 2.75) is 65.7 Å². The highest BCUT2D eigenvalue weighted by molar-refractivity contribution is 5.91. The topological polar surface area (TPSA) is 46.3 Å². The lowest BCUT2D eigenvalue weighted by molar-refractivity contribution is 0.253. The van der Waals surface area contributed by atoms with Crippen molar-refractivity contribution in [2.24, 2.45) is 11.7 Å². The minimum atomic E-state index is -0.366. The Balaban J connectivity index is 2.10. The van der Waals surface area contributed by atoms with Crippen molar-refractivity contribution in [1.29, 1.82) is 0 Å². The third-order valence-electron chi connectivity index (χ3n) is 5.10. The molecule has 152 valence electrons. The number of hydrogen-bond donors (Lipinski definition) is 1. The molecular formula is C25H36N2O. The number of amides is 2. The van der Waals surface area contributed by atoms with Crippen LogP contribution >= 0.6 is 0 Å². The number of urea groups is 1. The van der Waals surface area contributed by atoms with Crippen LogP contribution in [0, 0.1) is 5.92 Å². The van der Waals surface area contributed by atoms with E-state index in [1.165, 1.54) is 30.4 Å². The molecule has 0 heterocycles. The number of carbonyl (C=O) groups is 1.